The van der Waals surface area contributed by atoms with Gasteiger partial charge in [-0.15, -0.1) is 0 Å². The Morgan fingerprint density at radius 2 is 1.87 bits per heavy atom. The molecule has 1 aromatic carbocycles. The van der Waals surface area contributed by atoms with E-state index >= 15 is 0 Å². The van der Waals surface area contributed by atoms with Crippen LogP contribution in [0.5, 0.6) is 0 Å². The standard InChI is InChI=1S/C14H16N/c1-11-8-9-14(15(3)10-11)13-7-5-4-6-12(13)2/h4-10H,1-3H3/q+1/i4D,5D,6D,7D,10D. The summed E-state index contributed by atoms with van der Waals surface area (Å²) in [5.41, 5.74) is 2.38. The van der Waals surface area contributed by atoms with E-state index < -0.39 is 0 Å². The van der Waals surface area contributed by atoms with Gasteiger partial charge in [0.15, 0.2) is 6.17 Å². The van der Waals surface area contributed by atoms with Crippen molar-refractivity contribution in [2.45, 2.75) is 13.8 Å². The van der Waals surface area contributed by atoms with Crippen LogP contribution in [0.15, 0.2) is 42.5 Å². The van der Waals surface area contributed by atoms with Crippen molar-refractivity contribution in [3.8, 4) is 11.3 Å². The van der Waals surface area contributed by atoms with Gasteiger partial charge in [0, 0.05) is 17.2 Å². The Labute approximate surface area is 98.0 Å². The van der Waals surface area contributed by atoms with Crippen molar-refractivity contribution in [2.75, 3.05) is 0 Å². The molecule has 1 heteroatoms. The third-order valence-corrected chi connectivity index (χ3v) is 2.33. The molecule has 0 amide bonds. The van der Waals surface area contributed by atoms with Gasteiger partial charge in [-0.25, -0.2) is 4.57 Å². The number of benzene rings is 1. The monoisotopic (exact) mass is 203 g/mol. The highest BCUT2D eigenvalue weighted by Gasteiger charge is 2.10. The molecule has 0 aliphatic rings. The van der Waals surface area contributed by atoms with Crippen molar-refractivity contribution in [1.29, 1.82) is 0 Å². The van der Waals surface area contributed by atoms with Crippen molar-refractivity contribution in [3.05, 3.63) is 53.6 Å². The summed E-state index contributed by atoms with van der Waals surface area (Å²) in [6, 6.07) is 3.00. The minimum Gasteiger partial charge on any atom is -0.201 e. The molecule has 1 heterocycles. The molecule has 0 fully saturated rings. The van der Waals surface area contributed by atoms with E-state index in [0.29, 0.717) is 23.0 Å². The van der Waals surface area contributed by atoms with Crippen LogP contribution in [-0.2, 0) is 7.05 Å². The van der Waals surface area contributed by atoms with E-state index in [4.69, 9.17) is 6.85 Å². The number of pyridine rings is 1. The predicted octanol–water partition coefficient (Wildman–Crippen LogP) is 2.79. The zero-order valence-electron chi connectivity index (χ0n) is 14.1. The van der Waals surface area contributed by atoms with Crippen molar-refractivity contribution in [1.82, 2.24) is 0 Å². The molecular weight excluding hydrogens is 182 g/mol. The van der Waals surface area contributed by atoms with Gasteiger partial charge >= 0.3 is 0 Å². The summed E-state index contributed by atoms with van der Waals surface area (Å²) in [5.74, 6) is 0. The minimum atomic E-state index is -0.247. The lowest BCUT2D eigenvalue weighted by atomic mass is 10.0. The molecule has 0 aliphatic carbocycles. The zero-order valence-corrected chi connectivity index (χ0v) is 9.10. The number of rotatable bonds is 1. The van der Waals surface area contributed by atoms with Gasteiger partial charge in [-0.05, 0) is 31.5 Å². The summed E-state index contributed by atoms with van der Waals surface area (Å²) in [6.45, 7) is 3.51. The summed E-state index contributed by atoms with van der Waals surface area (Å²) >= 11 is 0. The first kappa shape index (κ1) is 5.45. The van der Waals surface area contributed by atoms with Gasteiger partial charge < -0.3 is 0 Å². The number of nitrogens with zero attached hydrogens (tertiary/aromatic N) is 1. The van der Waals surface area contributed by atoms with E-state index in [0.717, 1.165) is 5.56 Å². The lowest BCUT2D eigenvalue weighted by Crippen LogP contribution is -2.30. The molecule has 0 saturated heterocycles. The Balaban J connectivity index is 2.87. The van der Waals surface area contributed by atoms with Crippen molar-refractivity contribution in [3.63, 3.8) is 0 Å². The van der Waals surface area contributed by atoms with Crippen molar-refractivity contribution in [2.24, 2.45) is 7.05 Å². The number of hydrogen-bond acceptors (Lipinski definition) is 0. The van der Waals surface area contributed by atoms with Crippen LogP contribution in [0.1, 0.15) is 18.0 Å². The number of aryl methyl sites for hydroxylation is 1. The minimum absolute atomic E-state index is 0.0342. The second-order valence-corrected chi connectivity index (χ2v) is 3.57. The Bertz CT molecular complexity index is 680. The smallest absolute Gasteiger partial charge is 0.201 e. The molecule has 0 unspecified atom stereocenters. The highest BCUT2D eigenvalue weighted by molar-refractivity contribution is 5.60. The van der Waals surface area contributed by atoms with Gasteiger partial charge in [-0.2, -0.15) is 0 Å². The lowest BCUT2D eigenvalue weighted by Gasteiger charge is -2.03. The van der Waals surface area contributed by atoms with Gasteiger partial charge in [0.1, 0.15) is 8.42 Å². The van der Waals surface area contributed by atoms with Crippen molar-refractivity contribution >= 4 is 0 Å². The van der Waals surface area contributed by atoms with Crippen molar-refractivity contribution < 1.29 is 11.4 Å². The summed E-state index contributed by atoms with van der Waals surface area (Å²) in [6.07, 6.45) is 0.328. The maximum atomic E-state index is 8.07. The van der Waals surface area contributed by atoms with Crippen LogP contribution in [0.2, 0.25) is 0 Å². The molecule has 0 saturated carbocycles. The second kappa shape index (κ2) is 3.85. The highest BCUT2D eigenvalue weighted by atomic mass is 14.9. The summed E-state index contributed by atoms with van der Waals surface area (Å²) in [4.78, 5) is 0. The van der Waals surface area contributed by atoms with E-state index in [1.54, 1.807) is 30.7 Å². The van der Waals surface area contributed by atoms with Crippen LogP contribution in [-0.4, -0.2) is 0 Å². The van der Waals surface area contributed by atoms with Crippen LogP contribution in [0.4, 0.5) is 0 Å². The molecule has 2 aromatic rings. The SMILES string of the molecule is [2H]c1c([2H])c([2H])c(-c2ccc(C)c([2H])[n+]2C)c(C)c1[2H]. The molecule has 0 radical (unpaired) electrons. The number of hydrogen-bond donors (Lipinski definition) is 0. The normalized spacial score (nSPS) is 15.0. The molecule has 0 bridgehead atoms. The maximum absolute atomic E-state index is 8.07. The molecule has 0 N–H and O–H groups in total. The molecule has 0 atom stereocenters. The second-order valence-electron chi connectivity index (χ2n) is 3.57. The first-order chi connectivity index (χ1) is 9.27. The quantitative estimate of drug-likeness (QED) is 0.627. The van der Waals surface area contributed by atoms with Gasteiger partial charge in [0.25, 0.3) is 0 Å². The van der Waals surface area contributed by atoms with Gasteiger partial charge in [0.05, 0.1) is 5.48 Å². The molecule has 2 rings (SSSR count). The fourth-order valence-electron chi connectivity index (χ4n) is 1.56. The van der Waals surface area contributed by atoms with E-state index in [-0.39, 0.29) is 24.2 Å². The molecule has 1 nitrogen and oxygen atoms in total. The Morgan fingerprint density at radius 1 is 1.13 bits per heavy atom. The topological polar surface area (TPSA) is 3.88 Å². The van der Waals surface area contributed by atoms with Crippen LogP contribution < -0.4 is 4.57 Å². The largest absolute Gasteiger partial charge is 0.212 e. The summed E-state index contributed by atoms with van der Waals surface area (Å²) in [7, 11) is 1.73. The first-order valence-corrected chi connectivity index (χ1v) is 4.81. The Hall–Kier alpha value is -1.63. The summed E-state index contributed by atoms with van der Waals surface area (Å²) in [5, 5.41) is 0. The van der Waals surface area contributed by atoms with Crippen LogP contribution >= 0.6 is 0 Å². The maximum Gasteiger partial charge on any atom is 0.212 e. The first-order valence-electron chi connectivity index (χ1n) is 7.31. The molecule has 1 aromatic heterocycles. The molecule has 15 heavy (non-hydrogen) atoms. The third-order valence-electron chi connectivity index (χ3n) is 2.33. The van der Waals surface area contributed by atoms with E-state index in [1.807, 2.05) is 6.92 Å². The predicted molar refractivity (Wildman–Crippen MR) is 62.5 cm³/mol. The van der Waals surface area contributed by atoms with Crippen LogP contribution in [0.25, 0.3) is 11.3 Å². The van der Waals surface area contributed by atoms with E-state index in [2.05, 4.69) is 0 Å². The van der Waals surface area contributed by atoms with Gasteiger partial charge in [0.2, 0.25) is 5.69 Å². The fraction of sp³-hybridized carbons (Fsp3) is 0.214. The Kier molecular flexibility index (Phi) is 1.40. The molecule has 0 aliphatic heterocycles. The average Bonchev–Trinajstić information content (AvgIpc) is 2.43. The van der Waals surface area contributed by atoms with Crippen LogP contribution in [0, 0.1) is 13.8 Å². The lowest BCUT2D eigenvalue weighted by molar-refractivity contribution is -0.660. The Morgan fingerprint density at radius 3 is 2.67 bits per heavy atom. The van der Waals surface area contributed by atoms with E-state index in [9.17, 15) is 0 Å². The summed E-state index contributed by atoms with van der Waals surface area (Å²) < 4.78 is 41.1. The molecular formula is C14H16N+. The molecule has 76 valence electrons. The van der Waals surface area contributed by atoms with Gasteiger partial charge in [-0.1, -0.05) is 18.1 Å². The number of aromatic nitrogens is 1. The molecule has 0 spiro atoms. The van der Waals surface area contributed by atoms with E-state index in [1.165, 1.54) is 0 Å². The zero-order chi connectivity index (χ0) is 15.2. The van der Waals surface area contributed by atoms with Crippen LogP contribution in [0.3, 0.4) is 0 Å². The third kappa shape index (κ3) is 1.91. The fourth-order valence-corrected chi connectivity index (χ4v) is 1.56. The highest BCUT2D eigenvalue weighted by Crippen LogP contribution is 2.19. The van der Waals surface area contributed by atoms with Gasteiger partial charge in [-0.3, -0.25) is 0 Å². The average molecular weight is 203 g/mol.